The van der Waals surface area contributed by atoms with Crippen LogP contribution in [0.4, 0.5) is 0 Å². The lowest BCUT2D eigenvalue weighted by molar-refractivity contribution is -0.128. The zero-order valence-electron chi connectivity index (χ0n) is 9.60. The molecular weight excluding hydrogens is 188 g/mol. The molecule has 84 valence electrons. The lowest BCUT2D eigenvalue weighted by Gasteiger charge is -2.34. The first-order chi connectivity index (χ1) is 7.08. The second-order valence-corrected chi connectivity index (χ2v) is 4.50. The predicted molar refractivity (Wildman–Crippen MR) is 61.3 cm³/mol. The van der Waals surface area contributed by atoms with Crippen molar-refractivity contribution in [3.05, 3.63) is 0 Å². The number of amides is 1. The molecule has 2 N–H and O–H groups in total. The molecule has 0 radical (unpaired) electrons. The Kier molecular flexibility index (Phi) is 4.16. The Labute approximate surface area is 92.0 Å². The van der Waals surface area contributed by atoms with E-state index in [9.17, 15) is 4.79 Å². The Bertz CT molecular complexity index is 261. The highest BCUT2D eigenvalue weighted by atomic mass is 16.2. The normalized spacial score (nSPS) is 27.8. The van der Waals surface area contributed by atoms with Gasteiger partial charge in [0, 0.05) is 12.5 Å². The maximum atomic E-state index is 12.0. The predicted octanol–water partition coefficient (Wildman–Crippen LogP) is 1.05. The fraction of sp³-hybridized carbons (Fsp3) is 0.750. The first-order valence-electron chi connectivity index (χ1n) is 5.58. The van der Waals surface area contributed by atoms with E-state index in [1.807, 2.05) is 13.8 Å². The van der Waals surface area contributed by atoms with Gasteiger partial charge in [-0.1, -0.05) is 0 Å². The van der Waals surface area contributed by atoms with Crippen molar-refractivity contribution >= 4 is 5.91 Å². The van der Waals surface area contributed by atoms with E-state index >= 15 is 0 Å². The minimum absolute atomic E-state index is 0.0584. The maximum absolute atomic E-state index is 12.0. The van der Waals surface area contributed by atoms with Gasteiger partial charge in [0.25, 0.3) is 0 Å². The molecule has 1 heterocycles. The van der Waals surface area contributed by atoms with Crippen LogP contribution in [0.2, 0.25) is 0 Å². The Morgan fingerprint density at radius 2 is 2.40 bits per heavy atom. The van der Waals surface area contributed by atoms with Crippen molar-refractivity contribution in [2.75, 3.05) is 6.54 Å². The summed E-state index contributed by atoms with van der Waals surface area (Å²) in [5.41, 5.74) is -0.402. The number of piperidine rings is 1. The number of hydrogen-bond donors (Lipinski definition) is 2. The van der Waals surface area contributed by atoms with Gasteiger partial charge in [-0.3, -0.25) is 4.79 Å². The second-order valence-electron chi connectivity index (χ2n) is 4.50. The molecule has 0 bridgehead atoms. The average Bonchev–Trinajstić information content (AvgIpc) is 2.19. The third kappa shape index (κ3) is 3.24. The molecule has 1 aliphatic heterocycles. The van der Waals surface area contributed by atoms with E-state index in [0.29, 0.717) is 6.42 Å². The Balaban J connectivity index is 2.48. The summed E-state index contributed by atoms with van der Waals surface area (Å²) in [5, 5.41) is 6.23. The third-order valence-electron chi connectivity index (χ3n) is 2.92. The van der Waals surface area contributed by atoms with Crippen LogP contribution in [0.1, 0.15) is 39.5 Å². The van der Waals surface area contributed by atoms with Crippen LogP contribution in [0.15, 0.2) is 0 Å². The van der Waals surface area contributed by atoms with Crippen molar-refractivity contribution in [1.82, 2.24) is 10.6 Å². The molecule has 1 fully saturated rings. The van der Waals surface area contributed by atoms with Crippen LogP contribution in [0.3, 0.4) is 0 Å². The number of carbonyl (C=O) groups excluding carboxylic acids is 1. The zero-order valence-corrected chi connectivity index (χ0v) is 9.60. The zero-order chi connectivity index (χ0) is 11.3. The quantitative estimate of drug-likeness (QED) is 0.681. The summed E-state index contributed by atoms with van der Waals surface area (Å²) in [6.45, 7) is 4.82. The van der Waals surface area contributed by atoms with Crippen LogP contribution in [0.5, 0.6) is 0 Å². The van der Waals surface area contributed by atoms with Crippen LogP contribution in [-0.4, -0.2) is 24.0 Å². The van der Waals surface area contributed by atoms with Gasteiger partial charge in [0.1, 0.15) is 0 Å². The molecule has 15 heavy (non-hydrogen) atoms. The Morgan fingerprint density at radius 1 is 1.67 bits per heavy atom. The SMILES string of the molecule is C#CCC(C)NC(=O)C1(C)CCCCN1. The Morgan fingerprint density at radius 3 is 2.93 bits per heavy atom. The topological polar surface area (TPSA) is 41.1 Å². The van der Waals surface area contributed by atoms with E-state index in [0.717, 1.165) is 25.8 Å². The highest BCUT2D eigenvalue weighted by Gasteiger charge is 2.34. The minimum Gasteiger partial charge on any atom is -0.351 e. The highest BCUT2D eigenvalue weighted by molar-refractivity contribution is 5.86. The monoisotopic (exact) mass is 208 g/mol. The van der Waals surface area contributed by atoms with Gasteiger partial charge in [-0.2, -0.15) is 0 Å². The van der Waals surface area contributed by atoms with Crippen molar-refractivity contribution in [1.29, 1.82) is 0 Å². The molecule has 0 aromatic heterocycles. The van der Waals surface area contributed by atoms with Gasteiger partial charge in [-0.25, -0.2) is 0 Å². The fourth-order valence-corrected chi connectivity index (χ4v) is 1.86. The third-order valence-corrected chi connectivity index (χ3v) is 2.92. The van der Waals surface area contributed by atoms with Crippen molar-refractivity contribution in [3.63, 3.8) is 0 Å². The van der Waals surface area contributed by atoms with E-state index in [-0.39, 0.29) is 11.9 Å². The molecule has 1 saturated heterocycles. The summed E-state index contributed by atoms with van der Waals surface area (Å²) in [7, 11) is 0. The molecule has 0 aromatic rings. The number of terminal acetylenes is 1. The van der Waals surface area contributed by atoms with Crippen molar-refractivity contribution < 1.29 is 4.79 Å². The van der Waals surface area contributed by atoms with Gasteiger partial charge < -0.3 is 10.6 Å². The summed E-state index contributed by atoms with van der Waals surface area (Å²) in [5.74, 6) is 2.63. The van der Waals surface area contributed by atoms with Crippen LogP contribution in [-0.2, 0) is 4.79 Å². The van der Waals surface area contributed by atoms with E-state index in [4.69, 9.17) is 6.42 Å². The van der Waals surface area contributed by atoms with E-state index in [1.54, 1.807) is 0 Å². The number of rotatable bonds is 3. The van der Waals surface area contributed by atoms with E-state index < -0.39 is 5.54 Å². The molecule has 1 rings (SSSR count). The first kappa shape index (κ1) is 12.1. The molecule has 1 amide bonds. The summed E-state index contributed by atoms with van der Waals surface area (Å²) < 4.78 is 0. The number of carbonyl (C=O) groups is 1. The summed E-state index contributed by atoms with van der Waals surface area (Å²) in [6, 6.07) is 0.0584. The standard InChI is InChI=1S/C12H20N2O/c1-4-7-10(2)14-11(15)12(3)8-5-6-9-13-12/h1,10,13H,5-9H2,2-3H3,(H,14,15). The minimum atomic E-state index is -0.402. The Hall–Kier alpha value is -1.01. The molecule has 2 atom stereocenters. The summed E-state index contributed by atoms with van der Waals surface area (Å²) >= 11 is 0. The average molecular weight is 208 g/mol. The van der Waals surface area contributed by atoms with Crippen LogP contribution >= 0.6 is 0 Å². The van der Waals surface area contributed by atoms with Gasteiger partial charge >= 0.3 is 0 Å². The van der Waals surface area contributed by atoms with Crippen LogP contribution in [0.25, 0.3) is 0 Å². The second kappa shape index (κ2) is 5.18. The number of nitrogens with one attached hydrogen (secondary N) is 2. The lowest BCUT2D eigenvalue weighted by Crippen LogP contribution is -2.58. The maximum Gasteiger partial charge on any atom is 0.240 e. The van der Waals surface area contributed by atoms with Crippen LogP contribution in [0, 0.1) is 12.3 Å². The largest absolute Gasteiger partial charge is 0.351 e. The summed E-state index contributed by atoms with van der Waals surface area (Å²) in [6.07, 6.45) is 8.96. The van der Waals surface area contributed by atoms with Crippen molar-refractivity contribution in [2.24, 2.45) is 0 Å². The van der Waals surface area contributed by atoms with Crippen molar-refractivity contribution in [3.8, 4) is 12.3 Å². The summed E-state index contributed by atoms with van der Waals surface area (Å²) in [4.78, 5) is 12.0. The van der Waals surface area contributed by atoms with Gasteiger partial charge in [-0.15, -0.1) is 12.3 Å². The molecule has 3 nitrogen and oxygen atoms in total. The van der Waals surface area contributed by atoms with Gasteiger partial charge in [0.05, 0.1) is 5.54 Å². The van der Waals surface area contributed by atoms with Gasteiger partial charge in [-0.05, 0) is 39.7 Å². The number of hydrogen-bond acceptors (Lipinski definition) is 2. The molecule has 0 aliphatic carbocycles. The molecule has 0 aromatic carbocycles. The first-order valence-corrected chi connectivity index (χ1v) is 5.58. The van der Waals surface area contributed by atoms with Gasteiger partial charge in [0.15, 0.2) is 0 Å². The molecule has 0 spiro atoms. The van der Waals surface area contributed by atoms with Crippen molar-refractivity contribution in [2.45, 2.75) is 51.1 Å². The highest BCUT2D eigenvalue weighted by Crippen LogP contribution is 2.18. The molecule has 1 aliphatic rings. The van der Waals surface area contributed by atoms with Crippen LogP contribution < -0.4 is 10.6 Å². The van der Waals surface area contributed by atoms with E-state index in [1.165, 1.54) is 0 Å². The molecular formula is C12H20N2O. The molecule has 3 heteroatoms. The fourth-order valence-electron chi connectivity index (χ4n) is 1.86. The smallest absolute Gasteiger partial charge is 0.240 e. The lowest BCUT2D eigenvalue weighted by atomic mass is 9.90. The molecule has 2 unspecified atom stereocenters. The van der Waals surface area contributed by atoms with Gasteiger partial charge in [0.2, 0.25) is 5.91 Å². The van der Waals surface area contributed by atoms with E-state index in [2.05, 4.69) is 16.6 Å². The molecule has 0 saturated carbocycles.